The van der Waals surface area contributed by atoms with E-state index < -0.39 is 5.91 Å². The minimum absolute atomic E-state index is 0.0438. The molecule has 3 rings (SSSR count). The third kappa shape index (κ3) is 4.17. The van der Waals surface area contributed by atoms with Gasteiger partial charge in [-0.05, 0) is 35.8 Å². The number of benzene rings is 2. The van der Waals surface area contributed by atoms with Gasteiger partial charge in [-0.2, -0.15) is 0 Å². The largest absolute Gasteiger partial charge is 0.395 e. The first-order valence-corrected chi connectivity index (χ1v) is 8.47. The van der Waals surface area contributed by atoms with Gasteiger partial charge in [0.25, 0.3) is 5.91 Å². The maximum absolute atomic E-state index is 11.1. The highest BCUT2D eigenvalue weighted by atomic mass is 16.5. The fourth-order valence-corrected chi connectivity index (χ4v) is 2.95. The zero-order valence-electron chi connectivity index (χ0n) is 14.3. The number of nitrogens with zero attached hydrogens (tertiary/aromatic N) is 2. The predicted octanol–water partition coefficient (Wildman–Crippen LogP) is 2.33. The van der Waals surface area contributed by atoms with E-state index in [-0.39, 0.29) is 6.61 Å². The van der Waals surface area contributed by atoms with Gasteiger partial charge in [0.15, 0.2) is 0 Å². The second-order valence-electron chi connectivity index (χ2n) is 5.95. The van der Waals surface area contributed by atoms with E-state index in [1.807, 2.05) is 41.0 Å². The van der Waals surface area contributed by atoms with Crippen molar-refractivity contribution in [2.45, 2.75) is 19.4 Å². The third-order valence-corrected chi connectivity index (χ3v) is 4.19. The maximum atomic E-state index is 11.1. The first-order valence-electron chi connectivity index (χ1n) is 8.47. The molecule has 0 fully saturated rings. The fourth-order valence-electron chi connectivity index (χ4n) is 2.95. The molecule has 0 saturated carbocycles. The molecule has 0 aliphatic carbocycles. The maximum Gasteiger partial charge on any atom is 0.267 e. The number of hydrogen-bond donors (Lipinski definition) is 3. The molecule has 134 valence electrons. The zero-order chi connectivity index (χ0) is 18.4. The summed E-state index contributed by atoms with van der Waals surface area (Å²) in [7, 11) is 0. The first kappa shape index (κ1) is 17.8. The number of amides is 1. The molecule has 0 aliphatic heterocycles. The molecule has 0 spiro atoms. The van der Waals surface area contributed by atoms with E-state index in [1.54, 1.807) is 11.6 Å². The minimum Gasteiger partial charge on any atom is -0.395 e. The van der Waals surface area contributed by atoms with E-state index in [4.69, 9.17) is 10.2 Å². The first-order chi connectivity index (χ1) is 12.7. The van der Waals surface area contributed by atoms with Crippen molar-refractivity contribution in [1.82, 2.24) is 15.0 Å². The van der Waals surface area contributed by atoms with Crippen LogP contribution in [0, 0.1) is 0 Å². The van der Waals surface area contributed by atoms with Crippen molar-refractivity contribution in [3.05, 3.63) is 71.6 Å². The van der Waals surface area contributed by atoms with Gasteiger partial charge in [-0.1, -0.05) is 36.4 Å². The van der Waals surface area contributed by atoms with Gasteiger partial charge in [0.2, 0.25) is 0 Å². The standard InChI is InChI=1S/C20H21N3O3/c24-13-12-23-18-9-6-16(8-11-20(25)22-26)14-17(18)21-19(23)10-7-15-4-2-1-3-5-15/h1-6,8-9,11,14,24,26H,7,10,12-13H2,(H,22,25)/b11-8+. The quantitative estimate of drug-likeness (QED) is 0.346. The number of hydrogen-bond acceptors (Lipinski definition) is 4. The molecule has 3 aromatic rings. The van der Waals surface area contributed by atoms with E-state index in [0.717, 1.165) is 35.3 Å². The summed E-state index contributed by atoms with van der Waals surface area (Å²) in [5, 5.41) is 18.0. The van der Waals surface area contributed by atoms with Crippen molar-refractivity contribution in [1.29, 1.82) is 0 Å². The number of aryl methyl sites for hydroxylation is 2. The Balaban J connectivity index is 1.88. The van der Waals surface area contributed by atoms with Crippen molar-refractivity contribution in [2.24, 2.45) is 0 Å². The Kier molecular flexibility index (Phi) is 5.78. The molecule has 0 radical (unpaired) electrons. The van der Waals surface area contributed by atoms with Crippen LogP contribution in [-0.4, -0.2) is 32.4 Å². The van der Waals surface area contributed by atoms with Crippen molar-refractivity contribution in [3.8, 4) is 0 Å². The summed E-state index contributed by atoms with van der Waals surface area (Å²) in [5.74, 6) is 0.339. The van der Waals surface area contributed by atoms with Gasteiger partial charge in [0.1, 0.15) is 5.82 Å². The number of fused-ring (bicyclic) bond motifs is 1. The van der Waals surface area contributed by atoms with Crippen LogP contribution in [0.3, 0.4) is 0 Å². The smallest absolute Gasteiger partial charge is 0.267 e. The fraction of sp³-hybridized carbons (Fsp3) is 0.200. The van der Waals surface area contributed by atoms with Gasteiger partial charge in [0, 0.05) is 19.0 Å². The molecular weight excluding hydrogens is 330 g/mol. The number of carbonyl (C=O) groups excluding carboxylic acids is 1. The lowest BCUT2D eigenvalue weighted by Gasteiger charge is -2.07. The number of imidazole rings is 1. The number of aliphatic hydroxyl groups excluding tert-OH is 1. The third-order valence-electron chi connectivity index (χ3n) is 4.19. The number of nitrogens with one attached hydrogen (secondary N) is 1. The minimum atomic E-state index is -0.584. The van der Waals surface area contributed by atoms with Gasteiger partial charge in [-0.25, -0.2) is 10.5 Å². The highest BCUT2D eigenvalue weighted by Gasteiger charge is 2.11. The summed E-state index contributed by atoms with van der Waals surface area (Å²) in [6.07, 6.45) is 4.51. The number of rotatable bonds is 7. The highest BCUT2D eigenvalue weighted by molar-refractivity contribution is 5.91. The Morgan fingerprint density at radius 2 is 1.96 bits per heavy atom. The molecule has 0 saturated heterocycles. The Hall–Kier alpha value is -2.96. The van der Waals surface area contributed by atoms with Crippen molar-refractivity contribution in [3.63, 3.8) is 0 Å². The van der Waals surface area contributed by atoms with Crippen LogP contribution in [0.25, 0.3) is 17.1 Å². The second kappa shape index (κ2) is 8.42. The summed E-state index contributed by atoms with van der Waals surface area (Å²) < 4.78 is 2.03. The molecule has 1 amide bonds. The summed E-state index contributed by atoms with van der Waals surface area (Å²) in [5.41, 5.74) is 5.38. The van der Waals surface area contributed by atoms with Crippen LogP contribution in [0.2, 0.25) is 0 Å². The van der Waals surface area contributed by atoms with E-state index in [9.17, 15) is 9.90 Å². The van der Waals surface area contributed by atoms with Gasteiger partial charge in [-0.3, -0.25) is 10.0 Å². The van der Waals surface area contributed by atoms with Gasteiger partial charge < -0.3 is 9.67 Å². The topological polar surface area (TPSA) is 87.4 Å². The average molecular weight is 351 g/mol. The lowest BCUT2D eigenvalue weighted by Crippen LogP contribution is -2.14. The Labute approximate surface area is 151 Å². The van der Waals surface area contributed by atoms with Crippen LogP contribution >= 0.6 is 0 Å². The van der Waals surface area contributed by atoms with Crippen LogP contribution in [0.4, 0.5) is 0 Å². The van der Waals surface area contributed by atoms with E-state index in [0.29, 0.717) is 6.54 Å². The second-order valence-corrected chi connectivity index (χ2v) is 5.95. The number of aromatic nitrogens is 2. The molecule has 6 heteroatoms. The molecule has 0 atom stereocenters. The summed E-state index contributed by atoms with van der Waals surface area (Å²) >= 11 is 0. The predicted molar refractivity (Wildman–Crippen MR) is 99.6 cm³/mol. The number of hydroxylamine groups is 1. The van der Waals surface area contributed by atoms with Crippen LogP contribution < -0.4 is 5.48 Å². The van der Waals surface area contributed by atoms with Crippen LogP contribution in [-0.2, 0) is 24.2 Å². The lowest BCUT2D eigenvalue weighted by atomic mass is 10.1. The summed E-state index contributed by atoms with van der Waals surface area (Å²) in [6.45, 7) is 0.533. The number of carbonyl (C=O) groups is 1. The van der Waals surface area contributed by atoms with Crippen molar-refractivity contribution >= 4 is 23.0 Å². The molecule has 0 unspecified atom stereocenters. The molecule has 0 aliphatic rings. The molecule has 1 aromatic heterocycles. The monoisotopic (exact) mass is 351 g/mol. The van der Waals surface area contributed by atoms with E-state index >= 15 is 0 Å². The number of aliphatic hydroxyl groups is 1. The molecule has 26 heavy (non-hydrogen) atoms. The molecular formula is C20H21N3O3. The van der Waals surface area contributed by atoms with E-state index in [2.05, 4.69) is 12.1 Å². The van der Waals surface area contributed by atoms with Gasteiger partial charge in [-0.15, -0.1) is 0 Å². The Bertz CT molecular complexity index is 917. The average Bonchev–Trinajstić information content (AvgIpc) is 3.02. The summed E-state index contributed by atoms with van der Waals surface area (Å²) in [4.78, 5) is 15.8. The van der Waals surface area contributed by atoms with Crippen LogP contribution in [0.1, 0.15) is 17.0 Å². The Morgan fingerprint density at radius 1 is 1.15 bits per heavy atom. The normalized spacial score (nSPS) is 11.3. The van der Waals surface area contributed by atoms with Crippen LogP contribution in [0.5, 0.6) is 0 Å². The zero-order valence-corrected chi connectivity index (χ0v) is 14.3. The van der Waals surface area contributed by atoms with Crippen molar-refractivity contribution < 1.29 is 15.1 Å². The SMILES string of the molecule is O=C(/C=C/c1ccc2c(c1)nc(CCc1ccccc1)n2CCO)NO. The van der Waals surface area contributed by atoms with E-state index in [1.165, 1.54) is 11.6 Å². The molecule has 1 heterocycles. The van der Waals surface area contributed by atoms with Gasteiger partial charge in [0.05, 0.1) is 17.6 Å². The summed E-state index contributed by atoms with van der Waals surface area (Å²) in [6, 6.07) is 15.9. The molecule has 0 bridgehead atoms. The van der Waals surface area contributed by atoms with Crippen molar-refractivity contribution in [2.75, 3.05) is 6.61 Å². The molecule has 3 N–H and O–H groups in total. The van der Waals surface area contributed by atoms with Gasteiger partial charge >= 0.3 is 0 Å². The lowest BCUT2D eigenvalue weighted by molar-refractivity contribution is -0.124. The highest BCUT2D eigenvalue weighted by Crippen LogP contribution is 2.20. The Morgan fingerprint density at radius 3 is 2.69 bits per heavy atom. The van der Waals surface area contributed by atoms with Crippen LogP contribution in [0.15, 0.2) is 54.6 Å². The molecule has 2 aromatic carbocycles. The molecule has 6 nitrogen and oxygen atoms in total.